The molecule has 0 aliphatic rings. The molecule has 15 heavy (non-hydrogen) atoms. The van der Waals surface area contributed by atoms with Crippen LogP contribution in [0.1, 0.15) is 5.56 Å². The van der Waals surface area contributed by atoms with Gasteiger partial charge in [-0.2, -0.15) is 12.6 Å². The van der Waals surface area contributed by atoms with Gasteiger partial charge in [0.15, 0.2) is 0 Å². The molecule has 2 rings (SSSR count). The van der Waals surface area contributed by atoms with Gasteiger partial charge >= 0.3 is 0 Å². The van der Waals surface area contributed by atoms with Gasteiger partial charge in [0, 0.05) is 35.9 Å². The lowest BCUT2D eigenvalue weighted by Gasteiger charge is -2.14. The van der Waals surface area contributed by atoms with Crippen molar-refractivity contribution in [3.8, 4) is 0 Å². The van der Waals surface area contributed by atoms with Gasteiger partial charge in [-0.15, -0.1) is 0 Å². The number of rotatable bonds is 4. The molecule has 1 aromatic carbocycles. The number of hydrogen-bond donors (Lipinski definition) is 2. The van der Waals surface area contributed by atoms with Crippen molar-refractivity contribution in [2.45, 2.75) is 6.54 Å². The fraction of sp³-hybridized carbons (Fsp3) is 0.333. The van der Waals surface area contributed by atoms with E-state index in [9.17, 15) is 0 Å². The maximum atomic E-state index is 4.24. The lowest BCUT2D eigenvalue weighted by atomic mass is 10.2. The smallest absolute Gasteiger partial charge is 0.0457 e. The third-order valence-electron chi connectivity index (χ3n) is 2.60. The van der Waals surface area contributed by atoms with Crippen molar-refractivity contribution in [1.82, 2.24) is 9.88 Å². The zero-order valence-electron chi connectivity index (χ0n) is 8.90. The molecule has 0 atom stereocenters. The van der Waals surface area contributed by atoms with Crippen LogP contribution in [-0.2, 0) is 6.54 Å². The number of hydrogen-bond acceptors (Lipinski definition) is 2. The number of para-hydroxylation sites is 1. The third kappa shape index (κ3) is 2.36. The third-order valence-corrected chi connectivity index (χ3v) is 2.80. The highest BCUT2D eigenvalue weighted by Gasteiger charge is 2.04. The van der Waals surface area contributed by atoms with E-state index < -0.39 is 0 Å². The average molecular weight is 220 g/mol. The highest BCUT2D eigenvalue weighted by molar-refractivity contribution is 7.80. The van der Waals surface area contributed by atoms with Gasteiger partial charge in [-0.1, -0.05) is 18.2 Å². The first-order chi connectivity index (χ1) is 7.31. The number of nitrogens with one attached hydrogen (secondary N) is 1. The van der Waals surface area contributed by atoms with E-state index in [0.29, 0.717) is 0 Å². The van der Waals surface area contributed by atoms with Crippen LogP contribution in [0.3, 0.4) is 0 Å². The van der Waals surface area contributed by atoms with Crippen LogP contribution in [-0.4, -0.2) is 29.2 Å². The second-order valence-corrected chi connectivity index (χ2v) is 4.27. The summed E-state index contributed by atoms with van der Waals surface area (Å²) in [5, 5.41) is 1.32. The quantitative estimate of drug-likeness (QED) is 0.758. The minimum Gasteiger partial charge on any atom is -0.361 e. The monoisotopic (exact) mass is 220 g/mol. The fourth-order valence-electron chi connectivity index (χ4n) is 1.80. The predicted molar refractivity (Wildman–Crippen MR) is 68.5 cm³/mol. The van der Waals surface area contributed by atoms with Crippen LogP contribution in [0.2, 0.25) is 0 Å². The van der Waals surface area contributed by atoms with Crippen molar-refractivity contribution in [3.63, 3.8) is 0 Å². The molecule has 0 spiro atoms. The molecule has 1 N–H and O–H groups in total. The summed E-state index contributed by atoms with van der Waals surface area (Å²) in [7, 11) is 2.12. The maximum absolute atomic E-state index is 4.24. The van der Waals surface area contributed by atoms with Crippen LogP contribution in [0.25, 0.3) is 10.9 Å². The molecule has 0 aliphatic heterocycles. The van der Waals surface area contributed by atoms with Gasteiger partial charge in [-0.25, -0.2) is 0 Å². The number of aromatic amines is 1. The van der Waals surface area contributed by atoms with Gasteiger partial charge in [-0.3, -0.25) is 0 Å². The van der Waals surface area contributed by atoms with Crippen molar-refractivity contribution < 1.29 is 0 Å². The van der Waals surface area contributed by atoms with Gasteiger partial charge in [0.2, 0.25) is 0 Å². The number of fused-ring (bicyclic) bond motifs is 1. The van der Waals surface area contributed by atoms with E-state index in [2.05, 4.69) is 60.0 Å². The largest absolute Gasteiger partial charge is 0.361 e. The summed E-state index contributed by atoms with van der Waals surface area (Å²) in [6.07, 6.45) is 2.10. The van der Waals surface area contributed by atoms with Gasteiger partial charge < -0.3 is 9.88 Å². The van der Waals surface area contributed by atoms with Crippen molar-refractivity contribution in [2.24, 2.45) is 0 Å². The SMILES string of the molecule is CN(CCS)Cc1c[nH]c2ccccc12. The Balaban J connectivity index is 2.21. The molecule has 1 heterocycles. The number of H-pyrrole nitrogens is 1. The molecular formula is C12H16N2S. The highest BCUT2D eigenvalue weighted by atomic mass is 32.1. The molecule has 0 saturated heterocycles. The van der Waals surface area contributed by atoms with Gasteiger partial charge in [0.05, 0.1) is 0 Å². The van der Waals surface area contributed by atoms with E-state index >= 15 is 0 Å². The molecule has 80 valence electrons. The topological polar surface area (TPSA) is 19.0 Å². The number of aromatic nitrogens is 1. The first-order valence-electron chi connectivity index (χ1n) is 5.15. The lowest BCUT2D eigenvalue weighted by Crippen LogP contribution is -2.19. The van der Waals surface area contributed by atoms with Crippen molar-refractivity contribution in [3.05, 3.63) is 36.0 Å². The van der Waals surface area contributed by atoms with Crippen LogP contribution >= 0.6 is 12.6 Å². The number of thiol groups is 1. The van der Waals surface area contributed by atoms with Crippen LogP contribution in [0.5, 0.6) is 0 Å². The minimum absolute atomic E-state index is 0.902. The number of benzene rings is 1. The summed E-state index contributed by atoms with van der Waals surface area (Å²) < 4.78 is 0. The minimum atomic E-state index is 0.902. The Hall–Kier alpha value is -0.930. The predicted octanol–water partition coefficient (Wildman–Crippen LogP) is 2.53. The van der Waals surface area contributed by atoms with Crippen LogP contribution in [0.15, 0.2) is 30.5 Å². The molecular weight excluding hydrogens is 204 g/mol. The van der Waals surface area contributed by atoms with E-state index in [0.717, 1.165) is 18.8 Å². The Morgan fingerprint density at radius 2 is 2.13 bits per heavy atom. The van der Waals surface area contributed by atoms with Crippen LogP contribution < -0.4 is 0 Å². The summed E-state index contributed by atoms with van der Waals surface area (Å²) >= 11 is 4.24. The summed E-state index contributed by atoms with van der Waals surface area (Å²) in [5.41, 5.74) is 2.57. The normalized spacial score (nSPS) is 11.4. The maximum Gasteiger partial charge on any atom is 0.0457 e. The second kappa shape index (κ2) is 4.73. The lowest BCUT2D eigenvalue weighted by molar-refractivity contribution is 0.350. The summed E-state index contributed by atoms with van der Waals surface area (Å²) in [6, 6.07) is 8.41. The first kappa shape index (κ1) is 10.6. The van der Waals surface area contributed by atoms with Crippen LogP contribution in [0.4, 0.5) is 0 Å². The molecule has 0 fully saturated rings. The Morgan fingerprint density at radius 1 is 1.33 bits per heavy atom. The zero-order chi connectivity index (χ0) is 10.7. The van der Waals surface area contributed by atoms with E-state index in [1.807, 2.05) is 0 Å². The Kier molecular flexibility index (Phi) is 3.34. The Labute approximate surface area is 95.7 Å². The van der Waals surface area contributed by atoms with E-state index in [1.54, 1.807) is 0 Å². The molecule has 0 radical (unpaired) electrons. The van der Waals surface area contributed by atoms with Crippen LogP contribution in [0, 0.1) is 0 Å². The fourth-order valence-corrected chi connectivity index (χ4v) is 2.14. The second-order valence-electron chi connectivity index (χ2n) is 3.82. The Morgan fingerprint density at radius 3 is 2.93 bits per heavy atom. The molecule has 1 aromatic heterocycles. The van der Waals surface area contributed by atoms with Crippen molar-refractivity contribution >= 4 is 23.5 Å². The highest BCUT2D eigenvalue weighted by Crippen LogP contribution is 2.18. The molecule has 2 aromatic rings. The molecule has 0 amide bonds. The summed E-state index contributed by atoms with van der Waals surface area (Å²) in [4.78, 5) is 5.57. The zero-order valence-corrected chi connectivity index (χ0v) is 9.80. The van der Waals surface area contributed by atoms with E-state index in [-0.39, 0.29) is 0 Å². The van der Waals surface area contributed by atoms with E-state index in [4.69, 9.17) is 0 Å². The average Bonchev–Trinajstić information content (AvgIpc) is 2.62. The first-order valence-corrected chi connectivity index (χ1v) is 5.79. The Bertz CT molecular complexity index is 436. The summed E-state index contributed by atoms with van der Waals surface area (Å²) in [5.74, 6) is 0.902. The molecule has 0 saturated carbocycles. The molecule has 0 aliphatic carbocycles. The van der Waals surface area contributed by atoms with Crippen molar-refractivity contribution in [1.29, 1.82) is 0 Å². The van der Waals surface area contributed by atoms with Crippen molar-refractivity contribution in [2.75, 3.05) is 19.3 Å². The van der Waals surface area contributed by atoms with E-state index in [1.165, 1.54) is 16.5 Å². The number of nitrogens with zero attached hydrogens (tertiary/aromatic N) is 1. The molecule has 3 heteroatoms. The standard InChI is InChI=1S/C12H16N2S/c1-14(6-7-15)9-10-8-13-12-5-3-2-4-11(10)12/h2-5,8,13,15H,6-7,9H2,1H3. The van der Waals surface area contributed by atoms with Gasteiger partial charge in [0.1, 0.15) is 0 Å². The molecule has 0 unspecified atom stereocenters. The van der Waals surface area contributed by atoms with Gasteiger partial charge in [0.25, 0.3) is 0 Å². The molecule has 2 nitrogen and oxygen atoms in total. The summed E-state index contributed by atoms with van der Waals surface area (Å²) in [6.45, 7) is 1.99. The van der Waals surface area contributed by atoms with Gasteiger partial charge in [-0.05, 0) is 18.7 Å². The molecule has 0 bridgehead atoms.